The second-order valence-corrected chi connectivity index (χ2v) is 16.1. The van der Waals surface area contributed by atoms with E-state index in [4.69, 9.17) is 16.3 Å². The van der Waals surface area contributed by atoms with Gasteiger partial charge in [-0.3, -0.25) is 0 Å². The summed E-state index contributed by atoms with van der Waals surface area (Å²) >= 11 is 0. The van der Waals surface area contributed by atoms with Crippen molar-refractivity contribution in [3.8, 4) is 33.6 Å². The van der Waals surface area contributed by atoms with Crippen LogP contribution in [0.4, 0.5) is 0 Å². The summed E-state index contributed by atoms with van der Waals surface area (Å²) in [5.74, 6) is 0. The average molecular weight is 1030 g/mol. The SMILES string of the molecule is [2H]c1c([2H])c([2H])c(-c2ccc3c(c2)c2ccc4[c-]c2n3c2cccc(n2)c2cccc(c2)c2ccccc2c2cccc(-c3ccccc3)c2n2[cH-]n(c3[c-]c(ccc3)o4)-c3ccccc3-2)c([2H])c1[2H].[Pt]. The molecule has 13 rings (SSSR count). The van der Waals surface area contributed by atoms with Gasteiger partial charge in [-0.2, -0.15) is 24.3 Å². The minimum atomic E-state index is -0.432. The maximum Gasteiger partial charge on any atom is 0.136 e. The van der Waals surface area contributed by atoms with Gasteiger partial charge in [0.2, 0.25) is 0 Å². The number of benzene rings is 9. The van der Waals surface area contributed by atoms with Gasteiger partial charge in [-0.1, -0.05) is 169 Å². The number of hydrogen-bond donors (Lipinski definition) is 0. The van der Waals surface area contributed by atoms with E-state index in [-0.39, 0.29) is 50.8 Å². The van der Waals surface area contributed by atoms with Crippen LogP contribution in [0.5, 0.6) is 0 Å². The molecule has 12 aromatic rings. The van der Waals surface area contributed by atoms with Crippen molar-refractivity contribution in [1.29, 1.82) is 0 Å². The quantitative estimate of drug-likeness (QED) is 0.162. The molecule has 0 saturated heterocycles. The van der Waals surface area contributed by atoms with E-state index in [1.807, 2.05) is 71.1 Å². The van der Waals surface area contributed by atoms with E-state index in [1.165, 1.54) is 0 Å². The molecular formula is C60H37N4OPt-3. The smallest absolute Gasteiger partial charge is 0.136 e. The molecule has 0 spiro atoms. The summed E-state index contributed by atoms with van der Waals surface area (Å²) in [7, 11) is 0. The van der Waals surface area contributed by atoms with Crippen LogP contribution in [0.1, 0.15) is 6.85 Å². The van der Waals surface area contributed by atoms with Crippen LogP contribution in [-0.4, -0.2) is 18.5 Å². The van der Waals surface area contributed by atoms with E-state index in [9.17, 15) is 0 Å². The first-order chi connectivity index (χ1) is 34.3. The molecule has 0 radical (unpaired) electrons. The van der Waals surface area contributed by atoms with Crippen LogP contribution in [0.15, 0.2) is 229 Å². The number of para-hydroxylation sites is 3. The monoisotopic (exact) mass is 1030 g/mol. The number of pyridine rings is 1. The van der Waals surface area contributed by atoms with Crippen LogP contribution in [0.3, 0.4) is 0 Å². The fourth-order valence-corrected chi connectivity index (χ4v) is 9.40. The number of fused-ring (bicyclic) bond motifs is 23. The molecule has 0 aliphatic carbocycles. The van der Waals surface area contributed by atoms with E-state index in [1.54, 1.807) is 6.07 Å². The second-order valence-electron chi connectivity index (χ2n) is 16.1. The summed E-state index contributed by atoms with van der Waals surface area (Å²) in [6, 6.07) is 69.4. The van der Waals surface area contributed by atoms with Gasteiger partial charge in [0.15, 0.2) is 0 Å². The number of nitrogens with zero attached hydrogens (tertiary/aromatic N) is 4. The molecule has 5 nitrogen and oxygen atoms in total. The van der Waals surface area contributed by atoms with Crippen LogP contribution >= 0.6 is 0 Å². The third kappa shape index (κ3) is 6.59. The predicted molar refractivity (Wildman–Crippen MR) is 268 cm³/mol. The molecule has 0 unspecified atom stereocenters. The predicted octanol–water partition coefficient (Wildman–Crippen LogP) is 15.5. The number of hydrogen-bond acceptors (Lipinski definition) is 2. The van der Waals surface area contributed by atoms with Gasteiger partial charge in [0, 0.05) is 49.5 Å². The van der Waals surface area contributed by atoms with Crippen molar-refractivity contribution in [2.45, 2.75) is 0 Å². The molecule has 0 atom stereocenters. The van der Waals surface area contributed by atoms with Crippen molar-refractivity contribution < 1.29 is 32.3 Å². The van der Waals surface area contributed by atoms with Gasteiger partial charge in [-0.15, -0.1) is 29.1 Å². The Labute approximate surface area is 401 Å². The topological polar surface area (TPSA) is 40.3 Å². The normalized spacial score (nSPS) is 12.6. The fourth-order valence-electron chi connectivity index (χ4n) is 9.40. The summed E-state index contributed by atoms with van der Waals surface area (Å²) < 4.78 is 55.7. The Morgan fingerprint density at radius 3 is 2.11 bits per heavy atom. The number of rotatable bonds is 2. The summed E-state index contributed by atoms with van der Waals surface area (Å²) in [5.41, 5.74) is 10.5. The molecule has 3 aromatic heterocycles. The fraction of sp³-hybridized carbons (Fsp3) is 0. The summed E-state index contributed by atoms with van der Waals surface area (Å²) in [4.78, 5) is 5.35. The standard InChI is InChI=1S/C60H37N4O.Pt/c1-3-15-40(16-4-1)42-31-34-55-53(36-42)51-33-32-47-38-58(51)64(55)59-30-14-27-54(61-59)44-20-11-19-43(35-44)48-23-7-8-24-50(48)52-26-13-25-49(41-17-5-2-6-18-41)60(52)63-39-62(56-28-9-10-29-57(56)63)45-21-12-22-46(37-45)65-47;/h1-36,39H;/q-3;/i1D,3D,4D,15D,16D;. The molecule has 10 bridgehead atoms. The zero-order chi connectivity index (χ0) is 47.2. The molecule has 0 N–H and O–H groups in total. The van der Waals surface area contributed by atoms with Gasteiger partial charge in [0.25, 0.3) is 0 Å². The van der Waals surface area contributed by atoms with Crippen molar-refractivity contribution in [2.24, 2.45) is 0 Å². The zero-order valence-corrected chi connectivity index (χ0v) is 37.3. The molecule has 66 heavy (non-hydrogen) atoms. The first kappa shape index (κ1) is 34.3. The van der Waals surface area contributed by atoms with E-state index in [0.29, 0.717) is 27.9 Å². The Morgan fingerprint density at radius 2 is 1.23 bits per heavy atom. The Bertz CT molecular complexity index is 4420. The van der Waals surface area contributed by atoms with Gasteiger partial charge in [-0.25, -0.2) is 4.98 Å². The third-order valence-electron chi connectivity index (χ3n) is 12.3. The van der Waals surface area contributed by atoms with Gasteiger partial charge >= 0.3 is 0 Å². The van der Waals surface area contributed by atoms with Crippen LogP contribution in [0.25, 0.3) is 116 Å². The summed E-state index contributed by atoms with van der Waals surface area (Å²) in [6.07, 6.45) is 2.14. The molecule has 1 aliphatic rings. The van der Waals surface area contributed by atoms with E-state index >= 15 is 0 Å². The minimum Gasteiger partial charge on any atom is -0.510 e. The van der Waals surface area contributed by atoms with Gasteiger partial charge < -0.3 is 18.0 Å². The van der Waals surface area contributed by atoms with Crippen molar-refractivity contribution in [3.63, 3.8) is 0 Å². The molecule has 0 fully saturated rings. The molecule has 1 aliphatic heterocycles. The molecule has 4 heterocycles. The van der Waals surface area contributed by atoms with Crippen molar-refractivity contribution >= 4 is 82.1 Å². The molecular weight excluding hydrogens is 988 g/mol. The van der Waals surface area contributed by atoms with Crippen molar-refractivity contribution in [1.82, 2.24) is 18.5 Å². The van der Waals surface area contributed by atoms with Crippen LogP contribution in [-0.2, 0) is 21.1 Å². The maximum absolute atomic E-state index is 8.78. The first-order valence-corrected chi connectivity index (χ1v) is 21.5. The Morgan fingerprint density at radius 1 is 0.500 bits per heavy atom. The average Bonchev–Trinajstić information content (AvgIpc) is 3.95. The Hall–Kier alpha value is -8.11. The molecule has 316 valence electrons. The minimum absolute atomic E-state index is 0. The van der Waals surface area contributed by atoms with Crippen LogP contribution in [0, 0.1) is 12.1 Å². The Kier molecular flexibility index (Phi) is 8.40. The molecule has 0 saturated carbocycles. The van der Waals surface area contributed by atoms with E-state index in [0.717, 1.165) is 82.3 Å². The van der Waals surface area contributed by atoms with Gasteiger partial charge in [0.05, 0.1) is 12.4 Å². The van der Waals surface area contributed by atoms with E-state index in [2.05, 4.69) is 143 Å². The maximum atomic E-state index is 8.78. The first-order valence-electron chi connectivity index (χ1n) is 24.0. The van der Waals surface area contributed by atoms with Crippen molar-refractivity contribution in [3.05, 3.63) is 237 Å². The van der Waals surface area contributed by atoms with Gasteiger partial charge in [-0.05, 0) is 90.3 Å². The molecule has 0 amide bonds. The third-order valence-corrected chi connectivity index (χ3v) is 12.3. The number of imidazole rings is 1. The van der Waals surface area contributed by atoms with E-state index < -0.39 is 6.04 Å². The largest absolute Gasteiger partial charge is 0.510 e. The molecule has 9 aromatic carbocycles. The molecule has 6 heteroatoms. The second kappa shape index (κ2) is 16.2. The van der Waals surface area contributed by atoms with Crippen LogP contribution in [0.2, 0.25) is 0 Å². The zero-order valence-electron chi connectivity index (χ0n) is 40.0. The number of aromatic nitrogens is 4. The summed E-state index contributed by atoms with van der Waals surface area (Å²) in [5, 5.41) is 6.78. The summed E-state index contributed by atoms with van der Waals surface area (Å²) in [6.45, 7) is 0. The van der Waals surface area contributed by atoms with Crippen LogP contribution < -0.4 is 0 Å². The van der Waals surface area contributed by atoms with Gasteiger partial charge in [0.1, 0.15) is 5.65 Å². The Balaban J connectivity index is 0.00000517. The van der Waals surface area contributed by atoms with Crippen molar-refractivity contribution in [2.75, 3.05) is 0 Å².